The van der Waals surface area contributed by atoms with Gasteiger partial charge in [-0.05, 0) is 13.8 Å². The van der Waals surface area contributed by atoms with E-state index in [1.54, 1.807) is 26.0 Å². The minimum Gasteiger partial charge on any atom is -0.453 e. The van der Waals surface area contributed by atoms with Crippen molar-refractivity contribution in [1.82, 2.24) is 0 Å². The molecule has 0 aromatic rings. The van der Waals surface area contributed by atoms with Gasteiger partial charge in [0, 0.05) is 13.3 Å². The zero-order chi connectivity index (χ0) is 12.1. The second kappa shape index (κ2) is 3.03. The highest BCUT2D eigenvalue weighted by Crippen LogP contribution is 2.48. The van der Waals surface area contributed by atoms with Crippen molar-refractivity contribution in [2.75, 3.05) is 0 Å². The van der Waals surface area contributed by atoms with Gasteiger partial charge in [-0.25, -0.2) is 0 Å². The van der Waals surface area contributed by atoms with E-state index in [2.05, 4.69) is 0 Å². The number of ether oxygens (including phenoxy) is 1. The lowest BCUT2D eigenvalue weighted by Crippen LogP contribution is -2.59. The summed E-state index contributed by atoms with van der Waals surface area (Å²) in [6.07, 6.45) is 2.71. The molecular weight excluding hydrogens is 208 g/mol. The molecule has 0 aromatic carbocycles. The molecule has 16 heavy (non-hydrogen) atoms. The van der Waals surface area contributed by atoms with Crippen LogP contribution in [0.15, 0.2) is 12.2 Å². The Hall–Kier alpha value is -1.45. The van der Waals surface area contributed by atoms with E-state index in [4.69, 9.17) is 4.74 Å². The number of rotatable bonds is 1. The van der Waals surface area contributed by atoms with Crippen LogP contribution < -0.4 is 0 Å². The third-order valence-electron chi connectivity index (χ3n) is 3.56. The summed E-state index contributed by atoms with van der Waals surface area (Å²) in [4.78, 5) is 35.0. The van der Waals surface area contributed by atoms with Crippen LogP contribution in [0.25, 0.3) is 0 Å². The fraction of sp³-hybridized carbons (Fsp3) is 0.583. The third kappa shape index (κ3) is 1.25. The predicted octanol–water partition coefficient (Wildman–Crippen LogP) is 1.04. The molecule has 3 aliphatic rings. The molecule has 0 heterocycles. The molecule has 0 spiro atoms. The van der Waals surface area contributed by atoms with Crippen molar-refractivity contribution in [2.45, 2.75) is 33.3 Å². The highest BCUT2D eigenvalue weighted by atomic mass is 16.5. The van der Waals surface area contributed by atoms with Gasteiger partial charge in [0.05, 0.1) is 10.8 Å². The normalized spacial score (nSPS) is 41.3. The summed E-state index contributed by atoms with van der Waals surface area (Å²) in [5.74, 6) is -0.743. The first-order valence-corrected chi connectivity index (χ1v) is 5.25. The van der Waals surface area contributed by atoms with Crippen LogP contribution in [0, 0.1) is 10.8 Å². The first-order chi connectivity index (χ1) is 7.29. The van der Waals surface area contributed by atoms with E-state index in [0.717, 1.165) is 0 Å². The Kier molecular flexibility index (Phi) is 2.09. The zero-order valence-corrected chi connectivity index (χ0v) is 9.57. The second-order valence-electron chi connectivity index (χ2n) is 4.99. The average Bonchev–Trinajstić information content (AvgIpc) is 2.17. The van der Waals surface area contributed by atoms with Crippen LogP contribution in [-0.4, -0.2) is 23.6 Å². The van der Waals surface area contributed by atoms with Crippen LogP contribution in [0.5, 0.6) is 0 Å². The molecule has 3 atom stereocenters. The van der Waals surface area contributed by atoms with E-state index in [9.17, 15) is 14.4 Å². The lowest BCUT2D eigenvalue weighted by atomic mass is 9.56. The largest absolute Gasteiger partial charge is 0.453 e. The summed E-state index contributed by atoms with van der Waals surface area (Å²) in [6, 6.07) is 0. The summed E-state index contributed by atoms with van der Waals surface area (Å²) < 4.78 is 5.02. The Balaban J connectivity index is 2.47. The van der Waals surface area contributed by atoms with E-state index in [1.807, 2.05) is 0 Å². The monoisotopic (exact) mass is 222 g/mol. The van der Waals surface area contributed by atoms with Crippen LogP contribution in [0.3, 0.4) is 0 Å². The van der Waals surface area contributed by atoms with Crippen LogP contribution in [0.1, 0.15) is 27.2 Å². The van der Waals surface area contributed by atoms with Gasteiger partial charge >= 0.3 is 5.97 Å². The van der Waals surface area contributed by atoms with Gasteiger partial charge in [0.15, 0.2) is 11.9 Å². The molecule has 2 bridgehead atoms. The molecule has 0 aliphatic heterocycles. The van der Waals surface area contributed by atoms with Crippen LogP contribution in [0.2, 0.25) is 0 Å². The number of Topliss-reactive ketones (excluding diaryl/α,β-unsaturated/α-hetero) is 2. The number of fused-ring (bicyclic) bond motifs is 2. The fourth-order valence-corrected chi connectivity index (χ4v) is 2.35. The summed E-state index contributed by atoms with van der Waals surface area (Å²) in [7, 11) is 0. The molecule has 0 saturated heterocycles. The molecule has 3 aliphatic carbocycles. The number of hydrogen-bond acceptors (Lipinski definition) is 4. The van der Waals surface area contributed by atoms with Crippen molar-refractivity contribution in [3.05, 3.63) is 12.2 Å². The molecular formula is C12H14O4. The maximum absolute atomic E-state index is 12.1. The van der Waals surface area contributed by atoms with Gasteiger partial charge in [-0.15, -0.1) is 0 Å². The number of carbonyl (C=O) groups excluding carboxylic acids is 3. The Bertz CT molecular complexity index is 423. The van der Waals surface area contributed by atoms with Gasteiger partial charge in [-0.3, -0.25) is 14.4 Å². The quantitative estimate of drug-likeness (QED) is 0.491. The topological polar surface area (TPSA) is 60.4 Å². The van der Waals surface area contributed by atoms with Gasteiger partial charge in [0.25, 0.3) is 0 Å². The van der Waals surface area contributed by atoms with Crippen molar-refractivity contribution in [3.8, 4) is 0 Å². The fourth-order valence-electron chi connectivity index (χ4n) is 2.35. The first kappa shape index (κ1) is 11.0. The number of allylic oxidation sites excluding steroid dienone is 1. The van der Waals surface area contributed by atoms with E-state index in [-0.39, 0.29) is 18.0 Å². The van der Waals surface area contributed by atoms with Crippen LogP contribution in [-0.2, 0) is 19.1 Å². The standard InChI is InChI=1S/C12H14O4/c1-7(13)16-10-9(15)11(2)4-5-12(10,3)8(14)6-11/h4-5,10H,6H2,1-3H3/t10-,11?,12?/m0/s1. The Labute approximate surface area is 93.7 Å². The molecule has 4 heteroatoms. The minimum atomic E-state index is -0.972. The molecule has 0 amide bonds. The maximum atomic E-state index is 12.1. The number of esters is 1. The minimum absolute atomic E-state index is 0.0386. The van der Waals surface area contributed by atoms with Gasteiger partial charge in [0.2, 0.25) is 0 Å². The van der Waals surface area contributed by atoms with Crippen LogP contribution in [0.4, 0.5) is 0 Å². The van der Waals surface area contributed by atoms with Gasteiger partial charge in [0.1, 0.15) is 5.78 Å². The van der Waals surface area contributed by atoms with Gasteiger partial charge in [-0.1, -0.05) is 12.2 Å². The maximum Gasteiger partial charge on any atom is 0.303 e. The van der Waals surface area contributed by atoms with Crippen molar-refractivity contribution >= 4 is 17.5 Å². The third-order valence-corrected chi connectivity index (χ3v) is 3.56. The molecule has 0 aromatic heterocycles. The summed E-state index contributed by atoms with van der Waals surface area (Å²) in [6.45, 7) is 4.60. The highest BCUT2D eigenvalue weighted by molar-refractivity contribution is 6.08. The summed E-state index contributed by atoms with van der Waals surface area (Å²) >= 11 is 0. The smallest absolute Gasteiger partial charge is 0.303 e. The zero-order valence-electron chi connectivity index (χ0n) is 9.57. The predicted molar refractivity (Wildman–Crippen MR) is 55.5 cm³/mol. The van der Waals surface area contributed by atoms with E-state index in [1.165, 1.54) is 6.92 Å². The van der Waals surface area contributed by atoms with E-state index < -0.39 is 22.9 Å². The molecule has 0 N–H and O–H groups in total. The highest BCUT2D eigenvalue weighted by Gasteiger charge is 2.59. The van der Waals surface area contributed by atoms with Gasteiger partial charge < -0.3 is 4.74 Å². The van der Waals surface area contributed by atoms with Gasteiger partial charge in [-0.2, -0.15) is 0 Å². The summed E-state index contributed by atoms with van der Waals surface area (Å²) in [5, 5.41) is 0. The molecule has 1 saturated carbocycles. The molecule has 86 valence electrons. The van der Waals surface area contributed by atoms with E-state index in [0.29, 0.717) is 0 Å². The Morgan fingerprint density at radius 3 is 2.50 bits per heavy atom. The molecule has 1 fully saturated rings. The Morgan fingerprint density at radius 2 is 2.00 bits per heavy atom. The molecule has 3 rings (SSSR count). The number of hydrogen-bond donors (Lipinski definition) is 0. The SMILES string of the molecule is CC(=O)O[C@H]1C(=O)C2(C)C=CC1(C)C(=O)C2. The number of ketones is 2. The van der Waals surface area contributed by atoms with Crippen molar-refractivity contribution < 1.29 is 19.1 Å². The lowest BCUT2D eigenvalue weighted by molar-refractivity contribution is -0.171. The molecule has 0 radical (unpaired) electrons. The molecule has 4 nitrogen and oxygen atoms in total. The first-order valence-electron chi connectivity index (χ1n) is 5.25. The van der Waals surface area contributed by atoms with E-state index >= 15 is 0 Å². The number of carbonyl (C=O) groups is 3. The van der Waals surface area contributed by atoms with Crippen molar-refractivity contribution in [2.24, 2.45) is 10.8 Å². The summed E-state index contributed by atoms with van der Waals surface area (Å²) in [5.41, 5.74) is -1.77. The molecule has 2 unspecified atom stereocenters. The van der Waals surface area contributed by atoms with Crippen LogP contribution >= 0.6 is 0 Å². The Morgan fingerprint density at radius 1 is 1.38 bits per heavy atom. The van der Waals surface area contributed by atoms with Crippen molar-refractivity contribution in [3.63, 3.8) is 0 Å². The lowest BCUT2D eigenvalue weighted by Gasteiger charge is -2.47. The average molecular weight is 222 g/mol. The second-order valence-corrected chi connectivity index (χ2v) is 4.99. The van der Waals surface area contributed by atoms with Crippen molar-refractivity contribution in [1.29, 1.82) is 0 Å².